The highest BCUT2D eigenvalue weighted by atomic mass is 32.1. The van der Waals surface area contributed by atoms with Crippen LogP contribution in [0, 0.1) is 0 Å². The number of rotatable bonds is 2. The monoisotopic (exact) mass is 185 g/mol. The first-order valence-electron chi connectivity index (χ1n) is 4.02. The molecular weight excluding hydrogens is 174 g/mol. The lowest BCUT2D eigenvalue weighted by Gasteiger charge is -2.14. The molecule has 1 aromatic rings. The van der Waals surface area contributed by atoms with Crippen LogP contribution in [0.25, 0.3) is 0 Å². The zero-order chi connectivity index (χ0) is 8.39. The van der Waals surface area contributed by atoms with Gasteiger partial charge < -0.3 is 10.1 Å². The molecule has 1 aliphatic heterocycles. The Labute approximate surface area is 75.1 Å². The van der Waals surface area contributed by atoms with Gasteiger partial charge in [0.15, 0.2) is 0 Å². The quantitative estimate of drug-likeness (QED) is 0.750. The van der Waals surface area contributed by atoms with Crippen molar-refractivity contribution < 1.29 is 4.74 Å². The largest absolute Gasteiger partial charge is 0.376 e. The highest BCUT2D eigenvalue weighted by molar-refractivity contribution is 7.09. The fourth-order valence-electron chi connectivity index (χ4n) is 1.33. The lowest BCUT2D eigenvalue weighted by atomic mass is 10.2. The van der Waals surface area contributed by atoms with E-state index in [2.05, 4.69) is 21.8 Å². The van der Waals surface area contributed by atoms with Crippen molar-refractivity contribution in [2.45, 2.75) is 25.5 Å². The van der Waals surface area contributed by atoms with Crippen molar-refractivity contribution in [3.05, 3.63) is 6.20 Å². The first kappa shape index (κ1) is 7.94. The van der Waals surface area contributed by atoms with Crippen LogP contribution in [0.4, 0.5) is 5.00 Å². The molecule has 1 fully saturated rings. The summed E-state index contributed by atoms with van der Waals surface area (Å²) >= 11 is 1.38. The van der Waals surface area contributed by atoms with E-state index in [4.69, 9.17) is 4.74 Å². The third-order valence-corrected chi connectivity index (χ3v) is 2.66. The first-order chi connectivity index (χ1) is 5.86. The number of hydrogen-bond acceptors (Lipinski definition) is 5. The normalized spacial score (nSPS) is 29.1. The maximum absolute atomic E-state index is 5.42. The minimum Gasteiger partial charge on any atom is -0.376 e. The summed E-state index contributed by atoms with van der Waals surface area (Å²) in [4.78, 5) is 0. The molecule has 1 N–H and O–H groups in total. The first-order valence-corrected chi connectivity index (χ1v) is 4.79. The topological polar surface area (TPSA) is 47.0 Å². The fourth-order valence-corrected chi connectivity index (χ4v) is 1.82. The van der Waals surface area contributed by atoms with E-state index in [-0.39, 0.29) is 0 Å². The van der Waals surface area contributed by atoms with E-state index in [1.54, 1.807) is 6.20 Å². The van der Waals surface area contributed by atoms with Gasteiger partial charge in [0.25, 0.3) is 0 Å². The minimum absolute atomic E-state index is 0.298. The van der Waals surface area contributed by atoms with E-state index in [0.717, 1.165) is 18.0 Å². The molecule has 1 saturated heterocycles. The lowest BCUT2D eigenvalue weighted by molar-refractivity contribution is 0.121. The van der Waals surface area contributed by atoms with Gasteiger partial charge >= 0.3 is 0 Å². The number of nitrogens with one attached hydrogen (secondary N) is 1. The van der Waals surface area contributed by atoms with Crippen LogP contribution < -0.4 is 5.32 Å². The van der Waals surface area contributed by atoms with Gasteiger partial charge in [-0.05, 0) is 13.3 Å². The van der Waals surface area contributed by atoms with Crippen LogP contribution in [0.1, 0.15) is 13.3 Å². The number of hydrogen-bond donors (Lipinski definition) is 1. The molecule has 2 heterocycles. The van der Waals surface area contributed by atoms with Crippen molar-refractivity contribution in [3.63, 3.8) is 0 Å². The average Bonchev–Trinajstić information content (AvgIpc) is 2.65. The Morgan fingerprint density at radius 3 is 3.25 bits per heavy atom. The van der Waals surface area contributed by atoms with E-state index in [1.165, 1.54) is 11.5 Å². The van der Waals surface area contributed by atoms with Crippen molar-refractivity contribution >= 4 is 16.5 Å². The molecule has 0 spiro atoms. The van der Waals surface area contributed by atoms with Gasteiger partial charge in [0.2, 0.25) is 0 Å². The maximum Gasteiger partial charge on any atom is 0.130 e. The molecule has 0 aromatic carbocycles. The second kappa shape index (κ2) is 3.37. The molecule has 2 atom stereocenters. The summed E-state index contributed by atoms with van der Waals surface area (Å²) in [5, 5.41) is 8.12. The van der Waals surface area contributed by atoms with Crippen molar-refractivity contribution in [3.8, 4) is 0 Å². The van der Waals surface area contributed by atoms with E-state index >= 15 is 0 Å². The van der Waals surface area contributed by atoms with E-state index in [0.29, 0.717) is 12.1 Å². The third-order valence-electron chi connectivity index (χ3n) is 2.07. The van der Waals surface area contributed by atoms with Crippen LogP contribution in [0.5, 0.6) is 0 Å². The molecule has 2 unspecified atom stereocenters. The summed E-state index contributed by atoms with van der Waals surface area (Å²) < 4.78 is 9.19. The molecule has 2 rings (SSSR count). The zero-order valence-corrected chi connectivity index (χ0v) is 7.67. The van der Waals surface area contributed by atoms with Gasteiger partial charge in [-0.2, -0.15) is 0 Å². The molecule has 5 heteroatoms. The molecule has 0 amide bonds. The van der Waals surface area contributed by atoms with Gasteiger partial charge in [0, 0.05) is 18.1 Å². The molecule has 0 radical (unpaired) electrons. The molecule has 12 heavy (non-hydrogen) atoms. The third kappa shape index (κ3) is 1.56. The maximum atomic E-state index is 5.42. The van der Waals surface area contributed by atoms with Crippen LogP contribution in [-0.2, 0) is 4.74 Å². The Kier molecular flexibility index (Phi) is 2.23. The molecule has 66 valence electrons. The van der Waals surface area contributed by atoms with Crippen LogP contribution >= 0.6 is 11.5 Å². The molecular formula is C7H11N3OS. The van der Waals surface area contributed by atoms with Crippen molar-refractivity contribution in [2.75, 3.05) is 11.9 Å². The van der Waals surface area contributed by atoms with Gasteiger partial charge in [-0.25, -0.2) is 0 Å². The van der Waals surface area contributed by atoms with Gasteiger partial charge in [-0.1, -0.05) is 4.49 Å². The van der Waals surface area contributed by atoms with Crippen molar-refractivity contribution in [1.29, 1.82) is 0 Å². The fraction of sp³-hybridized carbons (Fsp3) is 0.714. The molecule has 0 saturated carbocycles. The smallest absolute Gasteiger partial charge is 0.130 e. The predicted octanol–water partition coefficient (Wildman–Crippen LogP) is 1.13. The summed E-state index contributed by atoms with van der Waals surface area (Å²) in [5.74, 6) is 0. The summed E-state index contributed by atoms with van der Waals surface area (Å²) in [5.41, 5.74) is 0. The Balaban J connectivity index is 1.95. The minimum atomic E-state index is 0.298. The second-order valence-electron chi connectivity index (χ2n) is 2.90. The second-order valence-corrected chi connectivity index (χ2v) is 3.68. The highest BCUT2D eigenvalue weighted by Gasteiger charge is 2.24. The van der Waals surface area contributed by atoms with Crippen molar-refractivity contribution in [2.24, 2.45) is 0 Å². The summed E-state index contributed by atoms with van der Waals surface area (Å²) in [6.45, 7) is 2.93. The molecule has 1 aromatic heterocycles. The Morgan fingerprint density at radius 2 is 2.67 bits per heavy atom. The Morgan fingerprint density at radius 1 is 1.75 bits per heavy atom. The molecule has 0 bridgehead atoms. The van der Waals surface area contributed by atoms with Crippen LogP contribution in [0.2, 0.25) is 0 Å². The summed E-state index contributed by atoms with van der Waals surface area (Å²) in [6.07, 6.45) is 3.11. The summed E-state index contributed by atoms with van der Waals surface area (Å²) in [7, 11) is 0. The SMILES string of the molecule is CC1OCCC1Nc1cnns1. The van der Waals surface area contributed by atoms with Crippen molar-refractivity contribution in [1.82, 2.24) is 9.59 Å². The van der Waals surface area contributed by atoms with E-state index < -0.39 is 0 Å². The number of ether oxygens (including phenoxy) is 1. The van der Waals surface area contributed by atoms with E-state index in [1.807, 2.05) is 0 Å². The number of anilines is 1. The average molecular weight is 185 g/mol. The molecule has 0 aliphatic carbocycles. The number of nitrogens with zero attached hydrogens (tertiary/aromatic N) is 2. The summed E-state index contributed by atoms with van der Waals surface area (Å²) in [6, 6.07) is 0.423. The van der Waals surface area contributed by atoms with Crippen LogP contribution in [-0.4, -0.2) is 28.3 Å². The van der Waals surface area contributed by atoms with E-state index in [9.17, 15) is 0 Å². The van der Waals surface area contributed by atoms with Crippen LogP contribution in [0.3, 0.4) is 0 Å². The molecule has 1 aliphatic rings. The van der Waals surface area contributed by atoms with Gasteiger partial charge in [0.1, 0.15) is 5.00 Å². The van der Waals surface area contributed by atoms with Crippen LogP contribution in [0.15, 0.2) is 6.20 Å². The van der Waals surface area contributed by atoms with Gasteiger partial charge in [-0.15, -0.1) is 5.10 Å². The Hall–Kier alpha value is -0.680. The lowest BCUT2D eigenvalue weighted by Crippen LogP contribution is -2.26. The molecule has 4 nitrogen and oxygen atoms in total. The highest BCUT2D eigenvalue weighted by Crippen LogP contribution is 2.19. The zero-order valence-electron chi connectivity index (χ0n) is 6.86. The predicted molar refractivity (Wildman–Crippen MR) is 47.4 cm³/mol. The van der Waals surface area contributed by atoms with Gasteiger partial charge in [0.05, 0.1) is 18.3 Å². The Bertz CT molecular complexity index is 239. The number of aromatic nitrogens is 2. The standard InChI is InChI=1S/C7H11N3OS/c1-5-6(2-3-11-5)9-7-4-8-10-12-7/h4-6,9H,2-3H2,1H3. The van der Waals surface area contributed by atoms with Gasteiger partial charge in [-0.3, -0.25) is 0 Å².